The van der Waals surface area contributed by atoms with Crippen LogP contribution in [0, 0.1) is 0 Å². The minimum absolute atomic E-state index is 0.00983. The van der Waals surface area contributed by atoms with Crippen LogP contribution in [0.2, 0.25) is 0 Å². The van der Waals surface area contributed by atoms with E-state index in [1.165, 1.54) is 18.2 Å². The van der Waals surface area contributed by atoms with Crippen molar-refractivity contribution in [3.8, 4) is 0 Å². The Morgan fingerprint density at radius 3 is 2.70 bits per heavy atom. The summed E-state index contributed by atoms with van der Waals surface area (Å²) in [5, 5.41) is 9.33. The zero-order valence-electron chi connectivity index (χ0n) is 12.3. The number of rotatable bonds is 4. The number of aromatic nitrogens is 2. The minimum atomic E-state index is -0.848. The summed E-state index contributed by atoms with van der Waals surface area (Å²) in [6.07, 6.45) is 5.57. The van der Waals surface area contributed by atoms with E-state index in [2.05, 4.69) is 0 Å². The van der Waals surface area contributed by atoms with Gasteiger partial charge in [0.25, 0.3) is 11.8 Å². The molecule has 2 heterocycles. The van der Waals surface area contributed by atoms with Crippen molar-refractivity contribution >= 4 is 17.8 Å². The maximum Gasteiger partial charge on any atom is 0.338 e. The van der Waals surface area contributed by atoms with E-state index in [1.54, 1.807) is 0 Å². The van der Waals surface area contributed by atoms with Crippen molar-refractivity contribution in [1.82, 2.24) is 9.63 Å². The highest BCUT2D eigenvalue weighted by molar-refractivity contribution is 6.20. The molecular weight excluding hydrogens is 302 g/mol. The molecule has 0 fully saturated rings. The molecule has 1 aromatic heterocycles. The van der Waals surface area contributed by atoms with Crippen molar-refractivity contribution in [2.75, 3.05) is 6.61 Å². The van der Waals surface area contributed by atoms with Gasteiger partial charge in [0.15, 0.2) is 0 Å². The number of esters is 1. The second-order valence-corrected chi connectivity index (χ2v) is 5.14. The van der Waals surface area contributed by atoms with Crippen LogP contribution < -0.4 is 4.57 Å². The number of imide groups is 1. The van der Waals surface area contributed by atoms with Crippen LogP contribution in [0.5, 0.6) is 0 Å². The van der Waals surface area contributed by atoms with Crippen LogP contribution in [-0.4, -0.2) is 39.2 Å². The summed E-state index contributed by atoms with van der Waals surface area (Å²) in [6.45, 7) is 0.670. The van der Waals surface area contributed by atoms with Gasteiger partial charge >= 0.3 is 5.97 Å². The first-order valence-electron chi connectivity index (χ1n) is 6.87. The van der Waals surface area contributed by atoms with Gasteiger partial charge in [-0.2, -0.15) is 0 Å². The zero-order valence-corrected chi connectivity index (χ0v) is 12.3. The summed E-state index contributed by atoms with van der Waals surface area (Å²) in [4.78, 5) is 35.2. The molecule has 0 unspecified atom stereocenters. The lowest BCUT2D eigenvalue weighted by molar-refractivity contribution is -0.671. The molecule has 3 rings (SSSR count). The van der Waals surface area contributed by atoms with Gasteiger partial charge < -0.3 is 4.74 Å². The Morgan fingerprint density at radius 2 is 2.00 bits per heavy atom. The number of imidazole rings is 1. The van der Waals surface area contributed by atoms with Crippen LogP contribution in [0.4, 0.5) is 0 Å². The van der Waals surface area contributed by atoms with Crippen molar-refractivity contribution in [3.63, 3.8) is 0 Å². The number of benzene rings is 1. The molecule has 1 aliphatic rings. The molecular formula is C15H14N3O5+. The van der Waals surface area contributed by atoms with Gasteiger partial charge in [-0.05, 0) is 18.2 Å². The standard InChI is InChI=1S/C15H14N3O5/c1-16-4-5-17(9-16)6-7-23-15(21)10-2-3-11-12(8-10)14(20)18(22)13(11)19/h2-5,8-9,22H,6-7H2,1H3/q+1. The summed E-state index contributed by atoms with van der Waals surface area (Å²) in [7, 11) is 1.88. The summed E-state index contributed by atoms with van der Waals surface area (Å²) >= 11 is 0. The Labute approximate surface area is 131 Å². The van der Waals surface area contributed by atoms with Crippen molar-refractivity contribution < 1.29 is 28.9 Å². The van der Waals surface area contributed by atoms with E-state index < -0.39 is 17.8 Å². The van der Waals surface area contributed by atoms with Gasteiger partial charge in [-0.1, -0.05) is 0 Å². The monoisotopic (exact) mass is 316 g/mol. The second kappa shape index (κ2) is 5.65. The molecule has 0 saturated heterocycles. The smallest absolute Gasteiger partial charge is 0.338 e. The van der Waals surface area contributed by atoms with Crippen molar-refractivity contribution in [2.45, 2.75) is 6.54 Å². The summed E-state index contributed by atoms with van der Waals surface area (Å²) < 4.78 is 8.88. The van der Waals surface area contributed by atoms with E-state index in [0.717, 1.165) is 0 Å². The first-order chi connectivity index (χ1) is 11.0. The van der Waals surface area contributed by atoms with Crippen LogP contribution in [0.25, 0.3) is 0 Å². The number of ether oxygens (including phenoxy) is 1. The Balaban J connectivity index is 1.67. The predicted molar refractivity (Wildman–Crippen MR) is 74.6 cm³/mol. The molecule has 118 valence electrons. The molecule has 8 heteroatoms. The van der Waals surface area contributed by atoms with Crippen LogP contribution in [0.1, 0.15) is 31.1 Å². The van der Waals surface area contributed by atoms with Gasteiger partial charge in [0.05, 0.1) is 23.7 Å². The van der Waals surface area contributed by atoms with Crippen LogP contribution >= 0.6 is 0 Å². The molecule has 23 heavy (non-hydrogen) atoms. The maximum absolute atomic E-state index is 12.0. The van der Waals surface area contributed by atoms with Crippen LogP contribution in [0.3, 0.4) is 0 Å². The number of carbonyl (C=O) groups excluding carboxylic acids is 3. The number of carbonyl (C=O) groups is 3. The normalized spacial score (nSPS) is 13.4. The molecule has 0 radical (unpaired) electrons. The predicted octanol–water partition coefficient (Wildman–Crippen LogP) is 0.155. The second-order valence-electron chi connectivity index (χ2n) is 5.14. The molecule has 8 nitrogen and oxygen atoms in total. The maximum atomic E-state index is 12.0. The fourth-order valence-electron chi connectivity index (χ4n) is 2.32. The van der Waals surface area contributed by atoms with Gasteiger partial charge in [0.1, 0.15) is 25.5 Å². The van der Waals surface area contributed by atoms with E-state index in [1.807, 2.05) is 34.9 Å². The number of nitrogens with zero attached hydrogens (tertiary/aromatic N) is 3. The first kappa shape index (κ1) is 14.9. The molecule has 2 amide bonds. The first-order valence-corrected chi connectivity index (χ1v) is 6.87. The number of hydrogen-bond donors (Lipinski definition) is 1. The average Bonchev–Trinajstić information content (AvgIpc) is 3.05. The molecule has 2 aromatic rings. The van der Waals surface area contributed by atoms with Crippen LogP contribution in [0.15, 0.2) is 36.9 Å². The van der Waals surface area contributed by atoms with Crippen molar-refractivity contribution in [2.24, 2.45) is 7.05 Å². The minimum Gasteiger partial charge on any atom is -0.458 e. The molecule has 1 aromatic carbocycles. The third kappa shape index (κ3) is 2.71. The van der Waals surface area contributed by atoms with E-state index >= 15 is 0 Å². The van der Waals surface area contributed by atoms with E-state index in [4.69, 9.17) is 4.74 Å². The van der Waals surface area contributed by atoms with Crippen LogP contribution in [-0.2, 0) is 18.3 Å². The lowest BCUT2D eigenvalue weighted by Gasteiger charge is -2.04. The Bertz CT molecular complexity index is 811. The molecule has 0 spiro atoms. The number of aryl methyl sites for hydroxylation is 1. The summed E-state index contributed by atoms with van der Waals surface area (Å²) in [6, 6.07) is 3.97. The van der Waals surface area contributed by atoms with Gasteiger partial charge in [-0.15, -0.1) is 5.06 Å². The van der Waals surface area contributed by atoms with E-state index in [9.17, 15) is 19.6 Å². The highest BCUT2D eigenvalue weighted by atomic mass is 16.5. The molecule has 0 saturated carbocycles. The number of fused-ring (bicyclic) bond motifs is 1. The summed E-state index contributed by atoms with van der Waals surface area (Å²) in [5.41, 5.74) is 0.205. The van der Waals surface area contributed by atoms with Gasteiger partial charge in [0.2, 0.25) is 6.33 Å². The highest BCUT2D eigenvalue weighted by Gasteiger charge is 2.35. The Morgan fingerprint density at radius 1 is 1.26 bits per heavy atom. The van der Waals surface area contributed by atoms with E-state index in [0.29, 0.717) is 6.54 Å². The van der Waals surface area contributed by atoms with Gasteiger partial charge in [-0.3, -0.25) is 14.8 Å². The average molecular weight is 316 g/mol. The molecule has 0 atom stereocenters. The van der Waals surface area contributed by atoms with E-state index in [-0.39, 0.29) is 28.4 Å². The highest BCUT2D eigenvalue weighted by Crippen LogP contribution is 2.22. The molecule has 0 aliphatic carbocycles. The summed E-state index contributed by atoms with van der Waals surface area (Å²) in [5.74, 6) is -2.24. The number of hydroxylamine groups is 2. The molecule has 0 bridgehead atoms. The third-order valence-electron chi connectivity index (χ3n) is 3.51. The Kier molecular flexibility index (Phi) is 3.67. The molecule has 1 N–H and O–H groups in total. The Hall–Kier alpha value is -3.00. The third-order valence-corrected chi connectivity index (χ3v) is 3.51. The van der Waals surface area contributed by atoms with Crippen molar-refractivity contribution in [3.05, 3.63) is 53.6 Å². The van der Waals surface area contributed by atoms with Gasteiger partial charge in [-0.25, -0.2) is 13.9 Å². The zero-order chi connectivity index (χ0) is 16.6. The van der Waals surface area contributed by atoms with Crippen molar-refractivity contribution in [1.29, 1.82) is 0 Å². The number of hydrogen-bond acceptors (Lipinski definition) is 5. The lowest BCUT2D eigenvalue weighted by atomic mass is 10.1. The van der Waals surface area contributed by atoms with Gasteiger partial charge in [0, 0.05) is 0 Å². The SMILES string of the molecule is C[n+]1ccn(CCOC(=O)c2ccc3c(c2)C(=O)N(O)C3=O)c1. The fraction of sp³-hybridized carbons (Fsp3) is 0.200. The largest absolute Gasteiger partial charge is 0.458 e. The quantitative estimate of drug-likeness (QED) is 0.375. The number of amides is 2. The topological polar surface area (TPSA) is 92.7 Å². The lowest BCUT2D eigenvalue weighted by Crippen LogP contribution is -2.25. The molecule has 1 aliphatic heterocycles. The fourth-order valence-corrected chi connectivity index (χ4v) is 2.32.